The van der Waals surface area contributed by atoms with Gasteiger partial charge in [-0.05, 0) is 36.8 Å². The summed E-state index contributed by atoms with van der Waals surface area (Å²) >= 11 is 5.88. The van der Waals surface area contributed by atoms with E-state index in [1.807, 2.05) is 6.07 Å². The van der Waals surface area contributed by atoms with Gasteiger partial charge in [0.1, 0.15) is 5.82 Å². The van der Waals surface area contributed by atoms with E-state index in [4.69, 9.17) is 23.1 Å². The van der Waals surface area contributed by atoms with E-state index in [9.17, 15) is 0 Å². The first-order valence-corrected chi connectivity index (χ1v) is 5.21. The second-order valence-electron chi connectivity index (χ2n) is 3.90. The summed E-state index contributed by atoms with van der Waals surface area (Å²) in [5.74, 6) is 1.03. The van der Waals surface area contributed by atoms with Gasteiger partial charge >= 0.3 is 0 Å². The topological polar surface area (TPSA) is 64.9 Å². The highest BCUT2D eigenvalue weighted by Gasteiger charge is 2.25. The molecule has 2 rings (SSSR count). The van der Waals surface area contributed by atoms with Crippen LogP contribution in [-0.4, -0.2) is 11.0 Å². The molecule has 14 heavy (non-hydrogen) atoms. The van der Waals surface area contributed by atoms with Gasteiger partial charge in [0.05, 0.1) is 5.02 Å². The van der Waals surface area contributed by atoms with Gasteiger partial charge in [-0.25, -0.2) is 4.98 Å². The van der Waals surface area contributed by atoms with Gasteiger partial charge in [-0.1, -0.05) is 11.6 Å². The van der Waals surface area contributed by atoms with Crippen molar-refractivity contribution < 1.29 is 0 Å². The quantitative estimate of drug-likeness (QED) is 0.746. The van der Waals surface area contributed by atoms with Crippen molar-refractivity contribution in [1.29, 1.82) is 0 Å². The molecule has 0 amide bonds. The molecular weight excluding hydrogens is 198 g/mol. The van der Waals surface area contributed by atoms with Crippen molar-refractivity contribution in [2.45, 2.75) is 31.2 Å². The molecule has 76 valence electrons. The zero-order chi connectivity index (χ0) is 10.1. The van der Waals surface area contributed by atoms with Gasteiger partial charge in [0, 0.05) is 12.2 Å². The normalized spacial score (nSPS) is 26.7. The Labute approximate surface area is 88.5 Å². The zero-order valence-corrected chi connectivity index (χ0v) is 8.67. The summed E-state index contributed by atoms with van der Waals surface area (Å²) in [6, 6.07) is 2.21. The zero-order valence-electron chi connectivity index (χ0n) is 7.91. The maximum absolute atomic E-state index is 5.88. The lowest BCUT2D eigenvalue weighted by Gasteiger charge is -2.12. The van der Waals surface area contributed by atoms with Crippen molar-refractivity contribution >= 4 is 17.4 Å². The molecule has 1 fully saturated rings. The third kappa shape index (κ3) is 1.83. The molecule has 1 aliphatic rings. The van der Waals surface area contributed by atoms with E-state index in [2.05, 4.69) is 4.98 Å². The number of hydrogen-bond acceptors (Lipinski definition) is 3. The summed E-state index contributed by atoms with van der Waals surface area (Å²) in [4.78, 5) is 4.05. The summed E-state index contributed by atoms with van der Waals surface area (Å²) in [7, 11) is 0. The van der Waals surface area contributed by atoms with E-state index in [1.54, 1.807) is 6.20 Å². The molecule has 1 heterocycles. The molecule has 1 aromatic heterocycles. The minimum Gasteiger partial charge on any atom is -0.383 e. The Morgan fingerprint density at radius 2 is 2.21 bits per heavy atom. The average molecular weight is 212 g/mol. The number of aromatic nitrogens is 1. The van der Waals surface area contributed by atoms with Gasteiger partial charge in [0.2, 0.25) is 0 Å². The van der Waals surface area contributed by atoms with Gasteiger partial charge in [-0.3, -0.25) is 0 Å². The van der Waals surface area contributed by atoms with Gasteiger partial charge in [0.15, 0.2) is 0 Å². The Balaban J connectivity index is 2.27. The fourth-order valence-corrected chi connectivity index (χ4v) is 2.26. The van der Waals surface area contributed by atoms with Crippen LogP contribution in [0.3, 0.4) is 0 Å². The monoisotopic (exact) mass is 211 g/mol. The van der Waals surface area contributed by atoms with Gasteiger partial charge < -0.3 is 11.5 Å². The third-order valence-electron chi connectivity index (χ3n) is 2.83. The number of anilines is 1. The lowest BCUT2D eigenvalue weighted by atomic mass is 9.98. The van der Waals surface area contributed by atoms with E-state index in [1.165, 1.54) is 0 Å². The van der Waals surface area contributed by atoms with Crippen LogP contribution in [0.5, 0.6) is 0 Å². The molecule has 2 unspecified atom stereocenters. The lowest BCUT2D eigenvalue weighted by Crippen LogP contribution is -2.14. The Kier molecular flexibility index (Phi) is 2.61. The van der Waals surface area contributed by atoms with Crippen LogP contribution in [-0.2, 0) is 0 Å². The largest absolute Gasteiger partial charge is 0.383 e. The van der Waals surface area contributed by atoms with Crippen LogP contribution >= 0.6 is 11.6 Å². The van der Waals surface area contributed by atoms with Crippen molar-refractivity contribution in [2.75, 3.05) is 5.73 Å². The molecule has 1 saturated carbocycles. The molecule has 0 saturated heterocycles. The summed E-state index contributed by atoms with van der Waals surface area (Å²) in [6.45, 7) is 0. The second-order valence-corrected chi connectivity index (χ2v) is 4.33. The highest BCUT2D eigenvalue weighted by molar-refractivity contribution is 6.30. The maximum atomic E-state index is 5.88. The van der Waals surface area contributed by atoms with Crippen molar-refractivity contribution in [3.63, 3.8) is 0 Å². The molecule has 2 atom stereocenters. The predicted octanol–water partition coefficient (Wildman–Crippen LogP) is 1.91. The standard InChI is InChI=1S/C10H14ClN3/c11-7-4-9(10(13)14-5-7)6-1-2-8(12)3-6/h4-6,8H,1-3,12H2,(H2,13,14). The average Bonchev–Trinajstić information content (AvgIpc) is 2.56. The van der Waals surface area contributed by atoms with Gasteiger partial charge in [0.25, 0.3) is 0 Å². The van der Waals surface area contributed by atoms with Crippen LogP contribution in [0.15, 0.2) is 12.3 Å². The van der Waals surface area contributed by atoms with E-state index < -0.39 is 0 Å². The number of hydrogen-bond donors (Lipinski definition) is 2. The smallest absolute Gasteiger partial charge is 0.126 e. The van der Waals surface area contributed by atoms with Crippen LogP contribution in [0.4, 0.5) is 5.82 Å². The van der Waals surface area contributed by atoms with Crippen molar-refractivity contribution in [3.05, 3.63) is 22.8 Å². The molecular formula is C10H14ClN3. The maximum Gasteiger partial charge on any atom is 0.126 e. The molecule has 4 heteroatoms. The summed E-state index contributed by atoms with van der Waals surface area (Å²) in [5.41, 5.74) is 12.7. The van der Waals surface area contributed by atoms with E-state index in [-0.39, 0.29) is 0 Å². The predicted molar refractivity (Wildman–Crippen MR) is 58.2 cm³/mol. The Morgan fingerprint density at radius 3 is 2.86 bits per heavy atom. The number of nitrogens with two attached hydrogens (primary N) is 2. The fourth-order valence-electron chi connectivity index (χ4n) is 2.09. The number of halogens is 1. The molecule has 1 aliphatic carbocycles. The van der Waals surface area contributed by atoms with Crippen LogP contribution in [0.2, 0.25) is 5.02 Å². The summed E-state index contributed by atoms with van der Waals surface area (Å²) in [6.07, 6.45) is 4.73. The SMILES string of the molecule is Nc1ncc(Cl)cc1C1CCC(N)C1. The number of rotatable bonds is 1. The first-order valence-electron chi connectivity index (χ1n) is 4.83. The Bertz CT molecular complexity index is 340. The first kappa shape index (κ1) is 9.74. The molecule has 0 radical (unpaired) electrons. The second kappa shape index (κ2) is 3.75. The molecule has 0 aromatic carbocycles. The van der Waals surface area contributed by atoms with Crippen LogP contribution in [0, 0.1) is 0 Å². The minimum absolute atomic E-state index is 0.304. The molecule has 4 N–H and O–H groups in total. The van der Waals surface area contributed by atoms with Crippen LogP contribution < -0.4 is 11.5 Å². The minimum atomic E-state index is 0.304. The Morgan fingerprint density at radius 1 is 1.43 bits per heavy atom. The van der Waals surface area contributed by atoms with Crippen molar-refractivity contribution in [2.24, 2.45) is 5.73 Å². The van der Waals surface area contributed by atoms with Crippen molar-refractivity contribution in [1.82, 2.24) is 4.98 Å². The molecule has 3 nitrogen and oxygen atoms in total. The third-order valence-corrected chi connectivity index (χ3v) is 3.04. The number of pyridine rings is 1. The summed E-state index contributed by atoms with van der Waals surface area (Å²) < 4.78 is 0. The van der Waals surface area contributed by atoms with Gasteiger partial charge in [-0.15, -0.1) is 0 Å². The Hall–Kier alpha value is -0.800. The molecule has 0 bridgehead atoms. The van der Waals surface area contributed by atoms with Gasteiger partial charge in [-0.2, -0.15) is 0 Å². The summed E-state index contributed by atoms with van der Waals surface area (Å²) in [5, 5.41) is 0.648. The highest BCUT2D eigenvalue weighted by Crippen LogP contribution is 2.36. The van der Waals surface area contributed by atoms with E-state index in [0.29, 0.717) is 22.8 Å². The van der Waals surface area contributed by atoms with E-state index in [0.717, 1.165) is 24.8 Å². The number of nitrogens with zero attached hydrogens (tertiary/aromatic N) is 1. The number of nitrogen functional groups attached to an aromatic ring is 1. The highest BCUT2D eigenvalue weighted by atomic mass is 35.5. The lowest BCUT2D eigenvalue weighted by molar-refractivity contribution is 0.674. The fraction of sp³-hybridized carbons (Fsp3) is 0.500. The molecule has 0 aliphatic heterocycles. The van der Waals surface area contributed by atoms with Crippen molar-refractivity contribution in [3.8, 4) is 0 Å². The van der Waals surface area contributed by atoms with E-state index >= 15 is 0 Å². The molecule has 1 aromatic rings. The first-order chi connectivity index (χ1) is 6.66. The van der Waals surface area contributed by atoms with Crippen LogP contribution in [0.1, 0.15) is 30.7 Å². The van der Waals surface area contributed by atoms with Crippen LogP contribution in [0.25, 0.3) is 0 Å². The molecule has 0 spiro atoms.